The number of carbonyl (C=O) groups is 1. The standard InChI is InChI=1S/C19H20N2O3/c1-3-24-17-11-9-16(10-12-17)21-19(23)18(14(2)22)13-20-15-7-5-4-6-8-15/h4-13,22H,3H2,1-2H3,(H,21,23)/b18-14-,20-13?. The summed E-state index contributed by atoms with van der Waals surface area (Å²) >= 11 is 0. The highest BCUT2D eigenvalue weighted by Gasteiger charge is 2.11. The molecule has 2 rings (SSSR count). The molecule has 2 aromatic rings. The van der Waals surface area contributed by atoms with Gasteiger partial charge in [-0.15, -0.1) is 0 Å². The quantitative estimate of drug-likeness (QED) is 0.474. The number of anilines is 1. The van der Waals surface area contributed by atoms with Gasteiger partial charge in [-0.1, -0.05) is 18.2 Å². The number of aliphatic imine (C=N–C) groups is 1. The van der Waals surface area contributed by atoms with Crippen molar-refractivity contribution < 1.29 is 14.6 Å². The van der Waals surface area contributed by atoms with Crippen LogP contribution in [0.1, 0.15) is 13.8 Å². The highest BCUT2D eigenvalue weighted by atomic mass is 16.5. The van der Waals surface area contributed by atoms with E-state index < -0.39 is 5.91 Å². The molecule has 0 heterocycles. The summed E-state index contributed by atoms with van der Waals surface area (Å²) < 4.78 is 5.36. The van der Waals surface area contributed by atoms with Gasteiger partial charge in [-0.3, -0.25) is 9.79 Å². The maximum absolute atomic E-state index is 12.3. The first-order chi connectivity index (χ1) is 11.6. The molecule has 0 saturated carbocycles. The van der Waals surface area contributed by atoms with Crippen molar-refractivity contribution in [3.63, 3.8) is 0 Å². The molecule has 5 nitrogen and oxygen atoms in total. The van der Waals surface area contributed by atoms with Gasteiger partial charge in [0.1, 0.15) is 11.5 Å². The number of carbonyl (C=O) groups excluding carboxylic acids is 1. The number of nitrogens with one attached hydrogen (secondary N) is 1. The van der Waals surface area contributed by atoms with Crippen LogP contribution in [0, 0.1) is 0 Å². The molecule has 0 bridgehead atoms. The number of para-hydroxylation sites is 1. The first-order valence-electron chi connectivity index (χ1n) is 7.63. The Kier molecular flexibility index (Phi) is 6.14. The number of ether oxygens (including phenoxy) is 1. The molecule has 24 heavy (non-hydrogen) atoms. The fourth-order valence-electron chi connectivity index (χ4n) is 1.97. The summed E-state index contributed by atoms with van der Waals surface area (Å²) in [6, 6.07) is 16.2. The molecule has 1 amide bonds. The number of rotatable bonds is 6. The Hall–Kier alpha value is -3.08. The van der Waals surface area contributed by atoms with Crippen LogP contribution in [0.15, 0.2) is 70.9 Å². The van der Waals surface area contributed by atoms with Gasteiger partial charge >= 0.3 is 0 Å². The average Bonchev–Trinajstić information content (AvgIpc) is 2.58. The van der Waals surface area contributed by atoms with Gasteiger partial charge in [0.2, 0.25) is 0 Å². The summed E-state index contributed by atoms with van der Waals surface area (Å²) in [5.74, 6) is 0.201. The van der Waals surface area contributed by atoms with E-state index in [4.69, 9.17) is 4.74 Å². The lowest BCUT2D eigenvalue weighted by Crippen LogP contribution is -2.16. The van der Waals surface area contributed by atoms with Gasteiger partial charge in [0.05, 0.1) is 17.9 Å². The molecule has 0 aliphatic carbocycles. The SMILES string of the molecule is CCOc1ccc(NC(=O)/C(C=Nc2ccccc2)=C(/C)O)cc1. The monoisotopic (exact) mass is 324 g/mol. The molecule has 0 fully saturated rings. The number of aliphatic hydroxyl groups excluding tert-OH is 1. The number of benzene rings is 2. The molecule has 0 atom stereocenters. The highest BCUT2D eigenvalue weighted by Crippen LogP contribution is 2.17. The summed E-state index contributed by atoms with van der Waals surface area (Å²) in [7, 11) is 0. The van der Waals surface area contributed by atoms with E-state index in [0.717, 1.165) is 5.75 Å². The van der Waals surface area contributed by atoms with Gasteiger partial charge in [0, 0.05) is 11.9 Å². The van der Waals surface area contributed by atoms with Gasteiger partial charge in [0.25, 0.3) is 5.91 Å². The van der Waals surface area contributed by atoms with Crippen LogP contribution in [-0.4, -0.2) is 23.8 Å². The molecule has 0 radical (unpaired) electrons. The lowest BCUT2D eigenvalue weighted by atomic mass is 10.2. The minimum absolute atomic E-state index is 0.0990. The van der Waals surface area contributed by atoms with E-state index in [9.17, 15) is 9.90 Å². The summed E-state index contributed by atoms with van der Waals surface area (Å²) in [4.78, 5) is 16.5. The van der Waals surface area contributed by atoms with E-state index >= 15 is 0 Å². The van der Waals surface area contributed by atoms with E-state index in [-0.39, 0.29) is 11.3 Å². The molecule has 5 heteroatoms. The molecule has 0 aliphatic heterocycles. The van der Waals surface area contributed by atoms with Crippen LogP contribution in [0.3, 0.4) is 0 Å². The minimum atomic E-state index is -0.432. The van der Waals surface area contributed by atoms with Gasteiger partial charge in [-0.05, 0) is 50.2 Å². The Bertz CT molecular complexity index is 731. The number of nitrogens with zero attached hydrogens (tertiary/aromatic N) is 1. The van der Waals surface area contributed by atoms with E-state index in [2.05, 4.69) is 10.3 Å². The molecule has 0 unspecified atom stereocenters. The van der Waals surface area contributed by atoms with Gasteiger partial charge in [-0.2, -0.15) is 0 Å². The van der Waals surface area contributed by atoms with Gasteiger partial charge in [0.15, 0.2) is 0 Å². The summed E-state index contributed by atoms with van der Waals surface area (Å²) in [6.07, 6.45) is 1.36. The Morgan fingerprint density at radius 2 is 1.83 bits per heavy atom. The van der Waals surface area contributed by atoms with E-state index in [1.165, 1.54) is 13.1 Å². The van der Waals surface area contributed by atoms with E-state index in [1.54, 1.807) is 24.3 Å². The second-order valence-electron chi connectivity index (χ2n) is 5.00. The van der Waals surface area contributed by atoms with Crippen LogP contribution in [0.2, 0.25) is 0 Å². The predicted octanol–water partition coefficient (Wildman–Crippen LogP) is 4.26. The molecular weight excluding hydrogens is 304 g/mol. The van der Waals surface area contributed by atoms with Crippen molar-refractivity contribution in [2.45, 2.75) is 13.8 Å². The van der Waals surface area contributed by atoms with Crippen molar-refractivity contribution in [2.75, 3.05) is 11.9 Å². The second-order valence-corrected chi connectivity index (χ2v) is 5.00. The highest BCUT2D eigenvalue weighted by molar-refractivity contribution is 6.18. The lowest BCUT2D eigenvalue weighted by molar-refractivity contribution is -0.112. The predicted molar refractivity (Wildman–Crippen MR) is 96.2 cm³/mol. The number of hydrogen-bond donors (Lipinski definition) is 2. The van der Waals surface area contributed by atoms with Crippen molar-refractivity contribution >= 4 is 23.5 Å². The molecular formula is C19H20N2O3. The van der Waals surface area contributed by atoms with Crippen molar-refractivity contribution in [3.05, 3.63) is 65.9 Å². The third-order valence-corrected chi connectivity index (χ3v) is 3.16. The number of allylic oxidation sites excluding steroid dienone is 1. The first-order valence-corrected chi connectivity index (χ1v) is 7.63. The Morgan fingerprint density at radius 1 is 1.17 bits per heavy atom. The summed E-state index contributed by atoms with van der Waals surface area (Å²) in [6.45, 7) is 3.94. The number of hydrogen-bond acceptors (Lipinski definition) is 4. The molecule has 0 aromatic heterocycles. The van der Waals surface area contributed by atoms with Crippen LogP contribution in [-0.2, 0) is 4.79 Å². The van der Waals surface area contributed by atoms with Crippen molar-refractivity contribution in [1.82, 2.24) is 0 Å². The smallest absolute Gasteiger partial charge is 0.260 e. The fraction of sp³-hybridized carbons (Fsp3) is 0.158. The molecule has 2 N–H and O–H groups in total. The molecule has 0 saturated heterocycles. The number of aliphatic hydroxyl groups is 1. The summed E-state index contributed by atoms with van der Waals surface area (Å²) in [5, 5.41) is 12.5. The van der Waals surface area contributed by atoms with Crippen molar-refractivity contribution in [1.29, 1.82) is 0 Å². The van der Waals surface area contributed by atoms with Crippen LogP contribution < -0.4 is 10.1 Å². The van der Waals surface area contributed by atoms with Crippen LogP contribution >= 0.6 is 0 Å². The van der Waals surface area contributed by atoms with Gasteiger partial charge < -0.3 is 15.2 Å². The topological polar surface area (TPSA) is 70.9 Å². The Balaban J connectivity index is 2.10. The summed E-state index contributed by atoms with van der Waals surface area (Å²) in [5.41, 5.74) is 1.41. The van der Waals surface area contributed by atoms with Crippen LogP contribution in [0.25, 0.3) is 0 Å². The maximum Gasteiger partial charge on any atom is 0.260 e. The molecule has 0 spiro atoms. The molecule has 124 valence electrons. The van der Waals surface area contributed by atoms with Crippen LogP contribution in [0.4, 0.5) is 11.4 Å². The maximum atomic E-state index is 12.3. The lowest BCUT2D eigenvalue weighted by Gasteiger charge is -2.08. The van der Waals surface area contributed by atoms with E-state index in [1.807, 2.05) is 37.3 Å². The number of amides is 1. The first kappa shape index (κ1) is 17.3. The largest absolute Gasteiger partial charge is 0.512 e. The van der Waals surface area contributed by atoms with Crippen molar-refractivity contribution in [3.8, 4) is 5.75 Å². The Labute approximate surface area is 141 Å². The second kappa shape index (κ2) is 8.53. The fourth-order valence-corrected chi connectivity index (χ4v) is 1.97. The zero-order valence-corrected chi connectivity index (χ0v) is 13.7. The van der Waals surface area contributed by atoms with Gasteiger partial charge in [-0.25, -0.2) is 0 Å². The van der Waals surface area contributed by atoms with E-state index in [0.29, 0.717) is 18.0 Å². The van der Waals surface area contributed by atoms with Crippen molar-refractivity contribution in [2.24, 2.45) is 4.99 Å². The Morgan fingerprint density at radius 3 is 2.42 bits per heavy atom. The average molecular weight is 324 g/mol. The normalized spacial score (nSPS) is 11.9. The molecule has 0 aliphatic rings. The minimum Gasteiger partial charge on any atom is -0.512 e. The zero-order valence-electron chi connectivity index (χ0n) is 13.7. The molecule has 2 aromatic carbocycles. The third-order valence-electron chi connectivity index (χ3n) is 3.16. The third kappa shape index (κ3) is 4.98. The zero-order chi connectivity index (χ0) is 17.4. The van der Waals surface area contributed by atoms with Crippen LogP contribution in [0.5, 0.6) is 5.75 Å².